The molecule has 9 heteroatoms. The van der Waals surface area contributed by atoms with Crippen molar-refractivity contribution >= 4 is 22.7 Å². The number of nitroso groups, excluding NO2 is 1. The summed E-state index contributed by atoms with van der Waals surface area (Å²) in [5.74, 6) is -0.759. The summed E-state index contributed by atoms with van der Waals surface area (Å²) in [7, 11) is 3.01. The van der Waals surface area contributed by atoms with Crippen LogP contribution in [0.5, 0.6) is 5.75 Å². The first-order valence-corrected chi connectivity index (χ1v) is 8.50. The minimum Gasteiger partial charge on any atom is -0.422 e. The fourth-order valence-corrected chi connectivity index (χ4v) is 2.83. The molecule has 0 aliphatic heterocycles. The second kappa shape index (κ2) is 8.17. The van der Waals surface area contributed by atoms with Crippen LogP contribution in [0.1, 0.15) is 16.7 Å². The summed E-state index contributed by atoms with van der Waals surface area (Å²) in [5, 5.41) is 2.88. The normalized spacial score (nSPS) is 10.8. The quantitative estimate of drug-likeness (QED) is 0.465. The third-order valence-corrected chi connectivity index (χ3v) is 4.32. The zero-order chi connectivity index (χ0) is 21.1. The molecule has 1 aromatic heterocycles. The summed E-state index contributed by atoms with van der Waals surface area (Å²) in [6, 6.07) is 8.18. The number of hydrogen-bond acceptors (Lipinski definition) is 6. The molecule has 0 saturated carbocycles. The van der Waals surface area contributed by atoms with Gasteiger partial charge in [-0.1, -0.05) is 12.1 Å². The van der Waals surface area contributed by atoms with Gasteiger partial charge >= 0.3 is 11.7 Å². The standard InChI is InChI=1S/C20H16F2N2O5/c1-24(2)20(26)28-12-6-7-13-15(10-21)14(19(25)29-17(13)9-12)8-11-4-3-5-16(23-27)18(11)22/h3-7,9H,8,10H2,1-2H3. The maximum absolute atomic E-state index is 14.3. The molecule has 0 atom stereocenters. The molecule has 0 N–H and O–H groups in total. The fourth-order valence-electron chi connectivity index (χ4n) is 2.83. The molecule has 0 fully saturated rings. The van der Waals surface area contributed by atoms with Crippen molar-refractivity contribution in [3.05, 3.63) is 74.2 Å². The molecule has 0 aliphatic carbocycles. The number of amides is 1. The molecule has 0 spiro atoms. The first-order chi connectivity index (χ1) is 13.8. The number of nitrogens with zero attached hydrogens (tertiary/aromatic N) is 2. The number of benzene rings is 2. The summed E-state index contributed by atoms with van der Waals surface area (Å²) in [6.07, 6.45) is -0.905. The Morgan fingerprint density at radius 2 is 1.97 bits per heavy atom. The Hall–Kier alpha value is -3.62. The van der Waals surface area contributed by atoms with Crippen molar-refractivity contribution in [2.45, 2.75) is 13.1 Å². The SMILES string of the molecule is CN(C)C(=O)Oc1ccc2c(CF)c(Cc3cccc(N=O)c3F)c(=O)oc2c1. The maximum Gasteiger partial charge on any atom is 0.414 e. The van der Waals surface area contributed by atoms with Gasteiger partial charge in [-0.3, -0.25) is 0 Å². The van der Waals surface area contributed by atoms with Crippen LogP contribution >= 0.6 is 0 Å². The van der Waals surface area contributed by atoms with Gasteiger partial charge in [0.1, 0.15) is 23.7 Å². The summed E-state index contributed by atoms with van der Waals surface area (Å²) in [5.41, 5.74) is -1.25. The molecule has 29 heavy (non-hydrogen) atoms. The van der Waals surface area contributed by atoms with E-state index in [1.165, 1.54) is 55.4 Å². The molecule has 1 heterocycles. The predicted octanol–water partition coefficient (Wildman–Crippen LogP) is 4.45. The monoisotopic (exact) mass is 402 g/mol. The zero-order valence-corrected chi connectivity index (χ0v) is 15.6. The molecular weight excluding hydrogens is 386 g/mol. The number of carbonyl (C=O) groups excluding carboxylic acids is 1. The number of fused-ring (bicyclic) bond motifs is 1. The van der Waals surface area contributed by atoms with E-state index in [-0.39, 0.29) is 39.8 Å². The van der Waals surface area contributed by atoms with Crippen molar-refractivity contribution in [2.24, 2.45) is 5.18 Å². The van der Waals surface area contributed by atoms with Crippen molar-refractivity contribution in [1.82, 2.24) is 4.90 Å². The lowest BCUT2D eigenvalue weighted by atomic mass is 9.98. The third kappa shape index (κ3) is 3.98. The Labute approximate surface area is 163 Å². The van der Waals surface area contributed by atoms with Crippen molar-refractivity contribution in [1.29, 1.82) is 0 Å². The van der Waals surface area contributed by atoms with Gasteiger partial charge in [0.15, 0.2) is 5.82 Å². The van der Waals surface area contributed by atoms with E-state index in [0.717, 1.165) is 0 Å². The predicted molar refractivity (Wildman–Crippen MR) is 102 cm³/mol. The summed E-state index contributed by atoms with van der Waals surface area (Å²) >= 11 is 0. The molecule has 3 rings (SSSR count). The number of hydrogen-bond donors (Lipinski definition) is 0. The van der Waals surface area contributed by atoms with Crippen LogP contribution in [0.25, 0.3) is 11.0 Å². The van der Waals surface area contributed by atoms with Crippen LogP contribution in [0, 0.1) is 10.7 Å². The zero-order valence-electron chi connectivity index (χ0n) is 15.6. The average Bonchev–Trinajstić information content (AvgIpc) is 2.69. The largest absolute Gasteiger partial charge is 0.422 e. The Morgan fingerprint density at radius 1 is 1.21 bits per heavy atom. The number of rotatable bonds is 5. The minimum atomic E-state index is -0.999. The van der Waals surface area contributed by atoms with Gasteiger partial charge in [-0.25, -0.2) is 18.4 Å². The van der Waals surface area contributed by atoms with Gasteiger partial charge in [0, 0.05) is 43.1 Å². The molecule has 150 valence electrons. The molecular formula is C20H16F2N2O5. The molecule has 7 nitrogen and oxygen atoms in total. The van der Waals surface area contributed by atoms with E-state index >= 15 is 0 Å². The summed E-state index contributed by atoms with van der Waals surface area (Å²) in [4.78, 5) is 36.0. The van der Waals surface area contributed by atoms with Crippen LogP contribution in [0.3, 0.4) is 0 Å². The second-order valence-corrected chi connectivity index (χ2v) is 6.42. The maximum atomic E-state index is 14.3. The topological polar surface area (TPSA) is 89.2 Å². The van der Waals surface area contributed by atoms with Crippen LogP contribution in [-0.2, 0) is 13.1 Å². The van der Waals surface area contributed by atoms with Crippen molar-refractivity contribution in [3.8, 4) is 5.75 Å². The van der Waals surface area contributed by atoms with Crippen LogP contribution in [0.4, 0.5) is 19.3 Å². The highest BCUT2D eigenvalue weighted by Crippen LogP contribution is 2.28. The molecule has 3 aromatic rings. The molecule has 0 saturated heterocycles. The van der Waals surface area contributed by atoms with E-state index in [9.17, 15) is 23.3 Å². The molecule has 0 bridgehead atoms. The molecule has 2 aromatic carbocycles. The van der Waals surface area contributed by atoms with E-state index in [0.29, 0.717) is 0 Å². The Bertz CT molecular complexity index is 1160. The van der Waals surface area contributed by atoms with Gasteiger partial charge in [-0.2, -0.15) is 0 Å². The first-order valence-electron chi connectivity index (χ1n) is 8.50. The Balaban J connectivity index is 2.08. The van der Waals surface area contributed by atoms with Crippen LogP contribution < -0.4 is 10.4 Å². The van der Waals surface area contributed by atoms with E-state index < -0.39 is 29.9 Å². The summed E-state index contributed by atoms with van der Waals surface area (Å²) in [6.45, 7) is -0.999. The van der Waals surface area contributed by atoms with E-state index in [1.807, 2.05) is 0 Å². The number of alkyl halides is 1. The molecule has 1 amide bonds. The number of halogens is 2. The van der Waals surface area contributed by atoms with Crippen molar-refractivity contribution in [3.63, 3.8) is 0 Å². The van der Waals surface area contributed by atoms with Crippen LogP contribution in [0.15, 0.2) is 50.8 Å². The Morgan fingerprint density at radius 3 is 2.62 bits per heavy atom. The van der Waals surface area contributed by atoms with Crippen molar-refractivity contribution in [2.75, 3.05) is 14.1 Å². The Kier molecular flexibility index (Phi) is 5.67. The minimum absolute atomic E-state index is 0.0139. The fraction of sp³-hybridized carbons (Fsp3) is 0.200. The molecule has 0 aliphatic rings. The lowest BCUT2D eigenvalue weighted by molar-refractivity contribution is 0.172. The number of carbonyl (C=O) groups is 1. The smallest absolute Gasteiger partial charge is 0.414 e. The van der Waals surface area contributed by atoms with E-state index in [4.69, 9.17) is 9.15 Å². The third-order valence-electron chi connectivity index (χ3n) is 4.32. The van der Waals surface area contributed by atoms with Gasteiger partial charge in [-0.15, -0.1) is 4.91 Å². The lowest BCUT2D eigenvalue weighted by Gasteiger charge is -2.12. The van der Waals surface area contributed by atoms with Crippen LogP contribution in [-0.4, -0.2) is 25.1 Å². The van der Waals surface area contributed by atoms with Crippen molar-refractivity contribution < 1.29 is 22.7 Å². The first kappa shape index (κ1) is 20.1. The van der Waals surface area contributed by atoms with Crippen LogP contribution in [0.2, 0.25) is 0 Å². The van der Waals surface area contributed by atoms with Gasteiger partial charge in [0.25, 0.3) is 0 Å². The average molecular weight is 402 g/mol. The summed E-state index contributed by atoms with van der Waals surface area (Å²) < 4.78 is 38.5. The van der Waals surface area contributed by atoms with E-state index in [2.05, 4.69) is 5.18 Å². The highest BCUT2D eigenvalue weighted by molar-refractivity contribution is 5.83. The lowest BCUT2D eigenvalue weighted by Crippen LogP contribution is -2.25. The van der Waals surface area contributed by atoms with E-state index in [1.54, 1.807) is 0 Å². The van der Waals surface area contributed by atoms with Gasteiger partial charge in [0.2, 0.25) is 0 Å². The molecule has 0 unspecified atom stereocenters. The second-order valence-electron chi connectivity index (χ2n) is 6.42. The number of ether oxygens (including phenoxy) is 1. The highest BCUT2D eigenvalue weighted by atomic mass is 19.1. The van der Waals surface area contributed by atoms with Gasteiger partial charge in [-0.05, 0) is 28.9 Å². The van der Waals surface area contributed by atoms with Gasteiger partial charge < -0.3 is 14.1 Å². The molecule has 0 radical (unpaired) electrons. The van der Waals surface area contributed by atoms with Gasteiger partial charge in [0.05, 0.1) is 0 Å². The highest BCUT2D eigenvalue weighted by Gasteiger charge is 2.19.